The van der Waals surface area contributed by atoms with Crippen LogP contribution in [0.5, 0.6) is 0 Å². The van der Waals surface area contributed by atoms with E-state index in [4.69, 9.17) is 17.3 Å². The number of hydrogen-bond acceptors (Lipinski definition) is 3. The van der Waals surface area contributed by atoms with Crippen LogP contribution in [0.15, 0.2) is 24.3 Å². The molecule has 100 valence electrons. The van der Waals surface area contributed by atoms with E-state index in [1.807, 2.05) is 0 Å². The molecule has 0 fully saturated rings. The molecule has 0 aliphatic heterocycles. The van der Waals surface area contributed by atoms with Crippen molar-refractivity contribution in [2.75, 3.05) is 10.6 Å². The molecule has 0 saturated heterocycles. The maximum atomic E-state index is 11.8. The summed E-state index contributed by atoms with van der Waals surface area (Å²) in [5.74, 6) is -0.692. The third kappa shape index (κ3) is 3.36. The van der Waals surface area contributed by atoms with E-state index in [0.29, 0.717) is 10.7 Å². The zero-order valence-electron chi connectivity index (χ0n) is 10.1. The van der Waals surface area contributed by atoms with Gasteiger partial charge < -0.3 is 5.73 Å². The number of nitrogens with zero attached hydrogens (tertiary/aromatic N) is 1. The van der Waals surface area contributed by atoms with E-state index >= 15 is 0 Å². The molecule has 1 aromatic carbocycles. The molecule has 0 bridgehead atoms. The molecule has 1 rings (SSSR count). The first kappa shape index (κ1) is 14.8. The van der Waals surface area contributed by atoms with E-state index in [2.05, 4.69) is 0 Å². The summed E-state index contributed by atoms with van der Waals surface area (Å²) < 4.78 is 24.6. The molecule has 18 heavy (non-hydrogen) atoms. The van der Waals surface area contributed by atoms with Crippen LogP contribution in [-0.4, -0.2) is 26.6 Å². The number of halogens is 1. The van der Waals surface area contributed by atoms with Crippen molar-refractivity contribution < 1.29 is 13.2 Å². The highest BCUT2D eigenvalue weighted by Crippen LogP contribution is 2.25. The van der Waals surface area contributed by atoms with E-state index < -0.39 is 22.0 Å². The summed E-state index contributed by atoms with van der Waals surface area (Å²) in [7, 11) is -3.62. The molecule has 0 radical (unpaired) electrons. The summed E-state index contributed by atoms with van der Waals surface area (Å²) in [4.78, 5) is 11.4. The molecule has 0 aliphatic rings. The molecular weight excluding hydrogens is 276 g/mol. The first-order valence-corrected chi connectivity index (χ1v) is 7.54. The number of carbonyl (C=O) groups excluding carboxylic acids is 1. The van der Waals surface area contributed by atoms with Gasteiger partial charge in [-0.25, -0.2) is 8.42 Å². The van der Waals surface area contributed by atoms with Gasteiger partial charge in [0, 0.05) is 5.02 Å². The minimum Gasteiger partial charge on any atom is -0.368 e. The molecule has 1 amide bonds. The Balaban J connectivity index is 3.35. The van der Waals surface area contributed by atoms with Gasteiger partial charge in [-0.05, 0) is 24.6 Å². The van der Waals surface area contributed by atoms with Gasteiger partial charge in [0.2, 0.25) is 15.9 Å². The maximum absolute atomic E-state index is 11.8. The van der Waals surface area contributed by atoms with Crippen LogP contribution >= 0.6 is 11.6 Å². The molecule has 0 aromatic heterocycles. The number of nitrogens with two attached hydrogens (primary N) is 1. The van der Waals surface area contributed by atoms with Crippen molar-refractivity contribution in [1.29, 1.82) is 0 Å². The number of anilines is 1. The molecule has 2 N–H and O–H groups in total. The molecule has 0 aliphatic carbocycles. The number of amides is 1. The van der Waals surface area contributed by atoms with Crippen molar-refractivity contribution in [3.8, 4) is 0 Å². The Hall–Kier alpha value is -1.27. The largest absolute Gasteiger partial charge is 0.368 e. The lowest BCUT2D eigenvalue weighted by molar-refractivity contribution is -0.119. The van der Waals surface area contributed by atoms with Gasteiger partial charge >= 0.3 is 0 Å². The summed E-state index contributed by atoms with van der Waals surface area (Å²) in [6.45, 7) is 1.69. The van der Waals surface area contributed by atoms with Crippen molar-refractivity contribution in [3.63, 3.8) is 0 Å². The number of carbonyl (C=O) groups is 1. The van der Waals surface area contributed by atoms with Crippen LogP contribution in [0.2, 0.25) is 5.02 Å². The number of rotatable bonds is 5. The predicted octanol–water partition coefficient (Wildman–Crippen LogP) is 1.37. The monoisotopic (exact) mass is 290 g/mol. The topological polar surface area (TPSA) is 80.5 Å². The van der Waals surface area contributed by atoms with Gasteiger partial charge in [0.25, 0.3) is 0 Å². The van der Waals surface area contributed by atoms with Crippen LogP contribution in [-0.2, 0) is 14.8 Å². The summed E-state index contributed by atoms with van der Waals surface area (Å²) in [6, 6.07) is 5.37. The number of hydrogen-bond donors (Lipinski definition) is 1. The van der Waals surface area contributed by atoms with Crippen LogP contribution in [0.25, 0.3) is 0 Å². The second-order valence-electron chi connectivity index (χ2n) is 3.87. The fourth-order valence-electron chi connectivity index (χ4n) is 1.70. The normalized spacial score (nSPS) is 13.1. The summed E-state index contributed by atoms with van der Waals surface area (Å²) >= 11 is 5.83. The molecule has 1 atom stereocenters. The number of sulfonamides is 1. The van der Waals surface area contributed by atoms with Crippen LogP contribution in [0.1, 0.15) is 13.3 Å². The summed E-state index contributed by atoms with van der Waals surface area (Å²) in [6.07, 6.45) is 1.31. The first-order chi connectivity index (χ1) is 8.27. The lowest BCUT2D eigenvalue weighted by atomic mass is 10.2. The van der Waals surface area contributed by atoms with E-state index in [0.717, 1.165) is 10.6 Å². The predicted molar refractivity (Wildman–Crippen MR) is 72.0 cm³/mol. The van der Waals surface area contributed by atoms with Crippen LogP contribution in [0.3, 0.4) is 0 Å². The molecule has 0 saturated carbocycles. The Morgan fingerprint density at radius 3 is 2.50 bits per heavy atom. The maximum Gasteiger partial charge on any atom is 0.241 e. The Morgan fingerprint density at radius 2 is 2.11 bits per heavy atom. The van der Waals surface area contributed by atoms with E-state index in [1.54, 1.807) is 25.1 Å². The van der Waals surface area contributed by atoms with E-state index in [9.17, 15) is 13.2 Å². The average Bonchev–Trinajstić information content (AvgIpc) is 2.23. The molecule has 0 spiro atoms. The van der Waals surface area contributed by atoms with Crippen molar-refractivity contribution in [3.05, 3.63) is 29.3 Å². The lowest BCUT2D eigenvalue weighted by Gasteiger charge is -2.28. The second kappa shape index (κ2) is 5.58. The first-order valence-electron chi connectivity index (χ1n) is 5.31. The number of benzene rings is 1. The molecule has 1 aromatic rings. The van der Waals surface area contributed by atoms with Crippen molar-refractivity contribution in [1.82, 2.24) is 0 Å². The minimum atomic E-state index is -3.62. The summed E-state index contributed by atoms with van der Waals surface area (Å²) in [5, 5.41) is 0.389. The summed E-state index contributed by atoms with van der Waals surface area (Å²) in [5.41, 5.74) is 5.57. The number of primary amides is 1. The van der Waals surface area contributed by atoms with Crippen molar-refractivity contribution >= 4 is 33.2 Å². The second-order valence-corrected chi connectivity index (χ2v) is 6.16. The fraction of sp³-hybridized carbons (Fsp3) is 0.364. The Labute approximate surface area is 112 Å². The standard InChI is InChI=1S/C11H15ClN2O3S/c1-3-10(11(13)15)14(18(2,16)17)9-6-4-5-8(12)7-9/h4-7,10H,3H2,1-2H3,(H2,13,15). The van der Waals surface area contributed by atoms with Crippen molar-refractivity contribution in [2.45, 2.75) is 19.4 Å². The van der Waals surface area contributed by atoms with Gasteiger partial charge in [-0.2, -0.15) is 0 Å². The van der Waals surface area contributed by atoms with Crippen molar-refractivity contribution in [2.24, 2.45) is 5.73 Å². The zero-order chi connectivity index (χ0) is 13.9. The van der Waals surface area contributed by atoms with Gasteiger partial charge in [-0.3, -0.25) is 9.10 Å². The van der Waals surface area contributed by atoms with Crippen LogP contribution < -0.4 is 10.0 Å². The molecule has 0 heterocycles. The zero-order valence-corrected chi connectivity index (χ0v) is 11.7. The molecule has 7 heteroatoms. The third-order valence-electron chi connectivity index (χ3n) is 2.42. The van der Waals surface area contributed by atoms with Crippen LogP contribution in [0.4, 0.5) is 5.69 Å². The lowest BCUT2D eigenvalue weighted by Crippen LogP contribution is -2.47. The Morgan fingerprint density at radius 1 is 1.50 bits per heavy atom. The SMILES string of the molecule is CCC(C(N)=O)N(c1cccc(Cl)c1)S(C)(=O)=O. The molecular formula is C11H15ClN2O3S. The highest BCUT2D eigenvalue weighted by molar-refractivity contribution is 7.92. The molecule has 1 unspecified atom stereocenters. The Bertz CT molecular complexity index is 545. The average molecular weight is 291 g/mol. The fourth-order valence-corrected chi connectivity index (χ4v) is 3.09. The molecule has 5 nitrogen and oxygen atoms in total. The van der Waals surface area contributed by atoms with E-state index in [-0.39, 0.29) is 6.42 Å². The quantitative estimate of drug-likeness (QED) is 0.889. The van der Waals surface area contributed by atoms with Gasteiger partial charge in [0.1, 0.15) is 6.04 Å². The highest BCUT2D eigenvalue weighted by Gasteiger charge is 2.29. The van der Waals surface area contributed by atoms with Crippen LogP contribution in [0, 0.1) is 0 Å². The van der Waals surface area contributed by atoms with Gasteiger partial charge in [0.15, 0.2) is 0 Å². The van der Waals surface area contributed by atoms with Gasteiger partial charge in [0.05, 0.1) is 11.9 Å². The third-order valence-corrected chi connectivity index (χ3v) is 3.83. The Kier molecular flexibility index (Phi) is 4.59. The minimum absolute atomic E-state index is 0.287. The van der Waals surface area contributed by atoms with Gasteiger partial charge in [-0.15, -0.1) is 0 Å². The highest BCUT2D eigenvalue weighted by atomic mass is 35.5. The van der Waals surface area contributed by atoms with E-state index in [1.165, 1.54) is 6.07 Å². The van der Waals surface area contributed by atoms with Gasteiger partial charge in [-0.1, -0.05) is 24.6 Å². The smallest absolute Gasteiger partial charge is 0.241 e.